The molecule has 1 aliphatic carbocycles. The third-order valence-corrected chi connectivity index (χ3v) is 2.95. The average Bonchev–Trinajstić information content (AvgIpc) is 2.80. The number of likely N-dealkylation sites (tertiary alicyclic amines) is 1. The molecule has 0 radical (unpaired) electrons. The molecule has 0 aromatic heterocycles. The second kappa shape index (κ2) is 3.24. The Bertz CT molecular complexity index is 272. The van der Waals surface area contributed by atoms with Crippen LogP contribution in [-0.4, -0.2) is 46.7 Å². The van der Waals surface area contributed by atoms with E-state index >= 15 is 0 Å². The molecular formula is C9H13NO4. The zero-order valence-electron chi connectivity index (χ0n) is 7.72. The molecular weight excluding hydrogens is 186 g/mol. The Labute approximate surface area is 81.3 Å². The second-order valence-corrected chi connectivity index (χ2v) is 4.08. The largest absolute Gasteiger partial charge is 0.481 e. The lowest BCUT2D eigenvalue weighted by Gasteiger charge is -2.38. The van der Waals surface area contributed by atoms with Gasteiger partial charge in [0.15, 0.2) is 0 Å². The molecule has 2 aliphatic rings. The molecule has 2 unspecified atom stereocenters. The third-order valence-electron chi connectivity index (χ3n) is 2.95. The molecule has 0 bridgehead atoms. The quantitative estimate of drug-likeness (QED) is 0.621. The van der Waals surface area contributed by atoms with Crippen LogP contribution in [0.3, 0.4) is 0 Å². The Morgan fingerprint density at radius 2 is 1.93 bits per heavy atom. The molecule has 1 saturated carbocycles. The van der Waals surface area contributed by atoms with Gasteiger partial charge in [0, 0.05) is 25.6 Å². The summed E-state index contributed by atoms with van der Waals surface area (Å²) in [5, 5.41) is 17.4. The summed E-state index contributed by atoms with van der Waals surface area (Å²) in [5.74, 6) is -1.49. The number of nitrogens with zero attached hydrogens (tertiary/aromatic N) is 1. The highest BCUT2D eigenvalue weighted by molar-refractivity contribution is 5.89. The summed E-state index contributed by atoms with van der Waals surface area (Å²) in [4.78, 5) is 23.7. The molecule has 1 heterocycles. The summed E-state index contributed by atoms with van der Waals surface area (Å²) >= 11 is 0. The van der Waals surface area contributed by atoms with Crippen LogP contribution < -0.4 is 0 Å². The van der Waals surface area contributed by atoms with E-state index in [4.69, 9.17) is 10.2 Å². The Balaban J connectivity index is 1.79. The van der Waals surface area contributed by atoms with Crippen molar-refractivity contribution in [2.75, 3.05) is 19.7 Å². The van der Waals surface area contributed by atoms with Crippen LogP contribution in [0.25, 0.3) is 0 Å². The van der Waals surface area contributed by atoms with Crippen molar-refractivity contribution in [2.24, 2.45) is 17.8 Å². The fourth-order valence-corrected chi connectivity index (χ4v) is 1.84. The van der Waals surface area contributed by atoms with Gasteiger partial charge in [-0.1, -0.05) is 0 Å². The number of hydrogen-bond donors (Lipinski definition) is 2. The summed E-state index contributed by atoms with van der Waals surface area (Å²) in [5.41, 5.74) is 0. The standard InChI is InChI=1S/C9H13NO4/c11-4-5-2-10(3-5)8(12)6-1-7(6)9(13)14/h5-7,11H,1-4H2,(H,13,14). The highest BCUT2D eigenvalue weighted by Gasteiger charge is 2.51. The van der Waals surface area contributed by atoms with Crippen LogP contribution in [0.5, 0.6) is 0 Å². The van der Waals surface area contributed by atoms with E-state index in [9.17, 15) is 9.59 Å². The SMILES string of the molecule is O=C(O)C1CC1C(=O)N1CC(CO)C1. The first-order valence-electron chi connectivity index (χ1n) is 4.76. The van der Waals surface area contributed by atoms with Gasteiger partial charge < -0.3 is 15.1 Å². The third kappa shape index (κ3) is 1.48. The van der Waals surface area contributed by atoms with Gasteiger partial charge in [0.25, 0.3) is 0 Å². The molecule has 5 heteroatoms. The molecule has 1 aliphatic heterocycles. The fraction of sp³-hybridized carbons (Fsp3) is 0.778. The zero-order valence-corrected chi connectivity index (χ0v) is 7.72. The van der Waals surface area contributed by atoms with Crippen molar-refractivity contribution >= 4 is 11.9 Å². The van der Waals surface area contributed by atoms with E-state index in [2.05, 4.69) is 0 Å². The van der Waals surface area contributed by atoms with Gasteiger partial charge in [0.2, 0.25) is 5.91 Å². The smallest absolute Gasteiger partial charge is 0.307 e. The molecule has 1 saturated heterocycles. The minimum absolute atomic E-state index is 0.0536. The van der Waals surface area contributed by atoms with Crippen LogP contribution >= 0.6 is 0 Å². The summed E-state index contributed by atoms with van der Waals surface area (Å²) in [6.45, 7) is 1.27. The minimum atomic E-state index is -0.873. The number of hydrogen-bond acceptors (Lipinski definition) is 3. The lowest BCUT2D eigenvalue weighted by Crippen LogP contribution is -2.52. The number of aliphatic carboxylic acids is 1. The average molecular weight is 199 g/mol. The van der Waals surface area contributed by atoms with Gasteiger partial charge in [0.1, 0.15) is 0 Å². The molecule has 0 spiro atoms. The Morgan fingerprint density at radius 1 is 1.29 bits per heavy atom. The number of aliphatic hydroxyl groups excluding tert-OH is 1. The molecule has 2 atom stereocenters. The van der Waals surface area contributed by atoms with Gasteiger partial charge in [-0.2, -0.15) is 0 Å². The maximum Gasteiger partial charge on any atom is 0.307 e. The first-order chi connectivity index (χ1) is 6.63. The molecule has 0 aromatic rings. The first-order valence-corrected chi connectivity index (χ1v) is 4.76. The van der Waals surface area contributed by atoms with Crippen molar-refractivity contribution < 1.29 is 19.8 Å². The van der Waals surface area contributed by atoms with E-state index in [1.807, 2.05) is 0 Å². The van der Waals surface area contributed by atoms with E-state index in [-0.39, 0.29) is 24.3 Å². The van der Waals surface area contributed by atoms with Crippen LogP contribution in [0.4, 0.5) is 0 Å². The van der Waals surface area contributed by atoms with Gasteiger partial charge in [-0.3, -0.25) is 9.59 Å². The van der Waals surface area contributed by atoms with E-state index in [1.54, 1.807) is 4.90 Å². The molecule has 78 valence electrons. The summed E-state index contributed by atoms with van der Waals surface area (Å²) in [7, 11) is 0. The van der Waals surface area contributed by atoms with Crippen LogP contribution in [-0.2, 0) is 9.59 Å². The van der Waals surface area contributed by atoms with Crippen molar-refractivity contribution in [1.29, 1.82) is 0 Å². The predicted octanol–water partition coefficient (Wildman–Crippen LogP) is -0.842. The van der Waals surface area contributed by atoms with E-state index in [1.165, 1.54) is 0 Å². The summed E-state index contributed by atoms with van der Waals surface area (Å²) < 4.78 is 0. The molecule has 2 fully saturated rings. The zero-order chi connectivity index (χ0) is 10.3. The summed E-state index contributed by atoms with van der Waals surface area (Å²) in [6, 6.07) is 0. The number of carbonyl (C=O) groups excluding carboxylic acids is 1. The number of aliphatic hydroxyl groups is 1. The molecule has 1 amide bonds. The van der Waals surface area contributed by atoms with Gasteiger partial charge in [0.05, 0.1) is 11.8 Å². The molecule has 5 nitrogen and oxygen atoms in total. The monoisotopic (exact) mass is 199 g/mol. The number of amides is 1. The number of carbonyl (C=O) groups is 2. The Morgan fingerprint density at radius 3 is 2.36 bits per heavy atom. The number of rotatable bonds is 3. The fourth-order valence-electron chi connectivity index (χ4n) is 1.84. The minimum Gasteiger partial charge on any atom is -0.481 e. The van der Waals surface area contributed by atoms with Crippen LogP contribution in [0.1, 0.15) is 6.42 Å². The van der Waals surface area contributed by atoms with Gasteiger partial charge in [-0.05, 0) is 6.42 Å². The molecule has 2 rings (SSSR count). The molecule has 14 heavy (non-hydrogen) atoms. The Hall–Kier alpha value is -1.10. The highest BCUT2D eigenvalue weighted by Crippen LogP contribution is 2.41. The van der Waals surface area contributed by atoms with Gasteiger partial charge >= 0.3 is 5.97 Å². The van der Waals surface area contributed by atoms with Gasteiger partial charge in [-0.15, -0.1) is 0 Å². The predicted molar refractivity (Wildman–Crippen MR) is 46.4 cm³/mol. The summed E-state index contributed by atoms with van der Waals surface area (Å²) in [6.07, 6.45) is 0.481. The topological polar surface area (TPSA) is 77.8 Å². The van der Waals surface area contributed by atoms with E-state index < -0.39 is 11.9 Å². The van der Waals surface area contributed by atoms with Crippen molar-refractivity contribution in [3.05, 3.63) is 0 Å². The number of carboxylic acids is 1. The lowest BCUT2D eigenvalue weighted by molar-refractivity contribution is -0.145. The second-order valence-electron chi connectivity index (χ2n) is 4.08. The van der Waals surface area contributed by atoms with E-state index in [0.717, 1.165) is 0 Å². The van der Waals surface area contributed by atoms with Crippen molar-refractivity contribution in [3.8, 4) is 0 Å². The lowest BCUT2D eigenvalue weighted by atomic mass is 10.0. The number of carboxylic acid groups (broad SMARTS) is 1. The molecule has 2 N–H and O–H groups in total. The Kier molecular flexibility index (Phi) is 2.19. The van der Waals surface area contributed by atoms with Crippen LogP contribution in [0, 0.1) is 17.8 Å². The van der Waals surface area contributed by atoms with Crippen LogP contribution in [0.2, 0.25) is 0 Å². The maximum atomic E-state index is 11.5. The molecule has 0 aromatic carbocycles. The van der Waals surface area contributed by atoms with Crippen molar-refractivity contribution in [2.45, 2.75) is 6.42 Å². The van der Waals surface area contributed by atoms with Gasteiger partial charge in [-0.25, -0.2) is 0 Å². The normalized spacial score (nSPS) is 31.1. The van der Waals surface area contributed by atoms with Crippen molar-refractivity contribution in [3.63, 3.8) is 0 Å². The van der Waals surface area contributed by atoms with E-state index in [0.29, 0.717) is 19.5 Å². The van der Waals surface area contributed by atoms with Crippen molar-refractivity contribution in [1.82, 2.24) is 4.90 Å². The van der Waals surface area contributed by atoms with Crippen LogP contribution in [0.15, 0.2) is 0 Å². The maximum absolute atomic E-state index is 11.5. The first kappa shape index (κ1) is 9.45. The highest BCUT2D eigenvalue weighted by atomic mass is 16.4.